The highest BCUT2D eigenvalue weighted by Crippen LogP contribution is 2.05. The van der Waals surface area contributed by atoms with Gasteiger partial charge in [0.25, 0.3) is 0 Å². The molecule has 0 unspecified atom stereocenters. The van der Waals surface area contributed by atoms with Crippen LogP contribution in [-0.4, -0.2) is 26.1 Å². The summed E-state index contributed by atoms with van der Waals surface area (Å²) in [7, 11) is 0. The Hall–Kier alpha value is -1.49. The highest BCUT2D eigenvalue weighted by molar-refractivity contribution is 9.09. The first-order chi connectivity index (χ1) is 7.31. The second-order valence-corrected chi connectivity index (χ2v) is 3.47. The lowest BCUT2D eigenvalue weighted by Gasteiger charge is -1.96. The van der Waals surface area contributed by atoms with Crippen LogP contribution in [0.15, 0.2) is 36.5 Å². The van der Waals surface area contributed by atoms with E-state index < -0.39 is 0 Å². The molecule has 5 heteroatoms. The van der Waals surface area contributed by atoms with Gasteiger partial charge in [0.05, 0.1) is 17.2 Å². The fourth-order valence-corrected chi connectivity index (χ4v) is 1.43. The fraction of sp³-hybridized carbons (Fsp3) is 0.100. The molecular formula is C10H8BrN3O. The van der Waals surface area contributed by atoms with E-state index >= 15 is 0 Å². The number of rotatable bonds is 3. The molecule has 0 fully saturated rings. The normalized spacial score (nSPS) is 10.2. The van der Waals surface area contributed by atoms with Gasteiger partial charge >= 0.3 is 0 Å². The van der Waals surface area contributed by atoms with Crippen LogP contribution >= 0.6 is 15.9 Å². The molecule has 0 aliphatic carbocycles. The van der Waals surface area contributed by atoms with Crippen LogP contribution in [0.1, 0.15) is 10.5 Å². The minimum absolute atomic E-state index is 0.0721. The first-order valence-corrected chi connectivity index (χ1v) is 5.50. The Kier molecular flexibility index (Phi) is 2.91. The SMILES string of the molecule is O=C(CBr)c1cnn(-c2ccccc2)n1. The van der Waals surface area contributed by atoms with Crippen LogP contribution in [0.2, 0.25) is 0 Å². The molecule has 0 saturated heterocycles. The summed E-state index contributed by atoms with van der Waals surface area (Å²) in [4.78, 5) is 12.7. The largest absolute Gasteiger partial charge is 0.291 e. The molecule has 0 atom stereocenters. The molecule has 0 N–H and O–H groups in total. The molecule has 0 aliphatic rings. The van der Waals surface area contributed by atoms with Gasteiger partial charge in [-0.3, -0.25) is 4.79 Å². The third-order valence-electron chi connectivity index (χ3n) is 1.89. The van der Waals surface area contributed by atoms with Gasteiger partial charge in [-0.2, -0.15) is 9.90 Å². The summed E-state index contributed by atoms with van der Waals surface area (Å²) >= 11 is 3.09. The van der Waals surface area contributed by atoms with Crippen molar-refractivity contribution >= 4 is 21.7 Å². The lowest BCUT2D eigenvalue weighted by Crippen LogP contribution is -2.03. The van der Waals surface area contributed by atoms with Gasteiger partial charge in [0.2, 0.25) is 0 Å². The van der Waals surface area contributed by atoms with Gasteiger partial charge in [-0.15, -0.1) is 5.10 Å². The maximum Gasteiger partial charge on any atom is 0.195 e. The number of ketones is 1. The van der Waals surface area contributed by atoms with Crippen molar-refractivity contribution in [2.24, 2.45) is 0 Å². The summed E-state index contributed by atoms with van der Waals surface area (Å²) < 4.78 is 0. The number of hydrogen-bond donors (Lipinski definition) is 0. The second-order valence-electron chi connectivity index (χ2n) is 2.91. The number of halogens is 1. The van der Waals surface area contributed by atoms with E-state index in [-0.39, 0.29) is 11.1 Å². The van der Waals surface area contributed by atoms with Crippen LogP contribution in [-0.2, 0) is 0 Å². The summed E-state index contributed by atoms with van der Waals surface area (Å²) in [6.45, 7) is 0. The smallest absolute Gasteiger partial charge is 0.195 e. The minimum atomic E-state index is -0.0721. The molecule has 76 valence electrons. The zero-order chi connectivity index (χ0) is 10.7. The van der Waals surface area contributed by atoms with Crippen LogP contribution in [0, 0.1) is 0 Å². The van der Waals surface area contributed by atoms with Crippen LogP contribution in [0.5, 0.6) is 0 Å². The fourth-order valence-electron chi connectivity index (χ4n) is 1.15. The molecule has 2 aromatic rings. The number of carbonyl (C=O) groups excluding carboxylic acids is 1. The van der Waals surface area contributed by atoms with Gasteiger partial charge < -0.3 is 0 Å². The average molecular weight is 266 g/mol. The second kappa shape index (κ2) is 4.35. The molecule has 0 saturated carbocycles. The van der Waals surface area contributed by atoms with Crippen molar-refractivity contribution in [2.75, 3.05) is 5.33 Å². The van der Waals surface area contributed by atoms with Crippen molar-refractivity contribution < 1.29 is 4.79 Å². The Morgan fingerprint density at radius 2 is 2.07 bits per heavy atom. The van der Waals surface area contributed by atoms with Gasteiger partial charge in [0, 0.05) is 0 Å². The molecule has 0 amide bonds. The van der Waals surface area contributed by atoms with Gasteiger partial charge in [-0.1, -0.05) is 34.1 Å². The number of carbonyl (C=O) groups is 1. The standard InChI is InChI=1S/C10H8BrN3O/c11-6-10(15)9-7-12-14(13-9)8-4-2-1-3-5-8/h1-5,7H,6H2. The van der Waals surface area contributed by atoms with Crippen molar-refractivity contribution in [1.82, 2.24) is 15.0 Å². The Morgan fingerprint density at radius 1 is 1.33 bits per heavy atom. The quantitative estimate of drug-likeness (QED) is 0.629. The van der Waals surface area contributed by atoms with Crippen LogP contribution in [0.3, 0.4) is 0 Å². The van der Waals surface area contributed by atoms with Crippen LogP contribution < -0.4 is 0 Å². The van der Waals surface area contributed by atoms with Gasteiger partial charge in [-0.05, 0) is 12.1 Å². The monoisotopic (exact) mass is 265 g/mol. The van der Waals surface area contributed by atoms with Gasteiger partial charge in [0.15, 0.2) is 5.78 Å². The van der Waals surface area contributed by atoms with Crippen molar-refractivity contribution in [3.63, 3.8) is 0 Å². The van der Waals surface area contributed by atoms with Crippen molar-refractivity contribution in [1.29, 1.82) is 0 Å². The molecule has 1 heterocycles. The number of para-hydroxylation sites is 1. The zero-order valence-corrected chi connectivity index (χ0v) is 9.39. The number of hydrogen-bond acceptors (Lipinski definition) is 3. The molecule has 0 radical (unpaired) electrons. The lowest BCUT2D eigenvalue weighted by atomic mass is 10.3. The minimum Gasteiger partial charge on any atom is -0.291 e. The molecule has 2 rings (SSSR count). The number of Topliss-reactive ketones (excluding diaryl/α,β-unsaturated/α-hetero) is 1. The first kappa shape index (κ1) is 10.0. The third-order valence-corrected chi connectivity index (χ3v) is 2.40. The van der Waals surface area contributed by atoms with Crippen LogP contribution in [0.25, 0.3) is 5.69 Å². The van der Waals surface area contributed by atoms with E-state index in [9.17, 15) is 4.79 Å². The zero-order valence-electron chi connectivity index (χ0n) is 7.80. The third kappa shape index (κ3) is 2.12. The van der Waals surface area contributed by atoms with Crippen molar-refractivity contribution in [3.05, 3.63) is 42.2 Å². The summed E-state index contributed by atoms with van der Waals surface area (Å²) in [5, 5.41) is 8.36. The number of benzene rings is 1. The molecule has 15 heavy (non-hydrogen) atoms. The number of aromatic nitrogens is 3. The lowest BCUT2D eigenvalue weighted by molar-refractivity contribution is 0.101. The summed E-state index contributed by atoms with van der Waals surface area (Å²) in [5.74, 6) is -0.0721. The highest BCUT2D eigenvalue weighted by Gasteiger charge is 2.09. The summed E-state index contributed by atoms with van der Waals surface area (Å²) in [6, 6.07) is 9.46. The van der Waals surface area contributed by atoms with E-state index in [1.54, 1.807) is 0 Å². The molecule has 0 bridgehead atoms. The van der Waals surface area contributed by atoms with E-state index in [1.807, 2.05) is 30.3 Å². The van der Waals surface area contributed by atoms with Gasteiger partial charge in [-0.25, -0.2) is 0 Å². The Morgan fingerprint density at radius 3 is 2.73 bits per heavy atom. The van der Waals surface area contributed by atoms with E-state index in [0.717, 1.165) is 5.69 Å². The number of alkyl halides is 1. The van der Waals surface area contributed by atoms with E-state index in [2.05, 4.69) is 26.1 Å². The first-order valence-electron chi connectivity index (χ1n) is 4.38. The van der Waals surface area contributed by atoms with E-state index in [4.69, 9.17) is 0 Å². The topological polar surface area (TPSA) is 47.8 Å². The van der Waals surface area contributed by atoms with E-state index in [1.165, 1.54) is 11.0 Å². The Balaban J connectivity index is 2.32. The molecular weight excluding hydrogens is 258 g/mol. The van der Waals surface area contributed by atoms with Crippen LogP contribution in [0.4, 0.5) is 0 Å². The Bertz CT molecular complexity index is 467. The summed E-state index contributed by atoms with van der Waals surface area (Å²) in [6.07, 6.45) is 1.47. The maximum absolute atomic E-state index is 11.3. The Labute approximate surface area is 95.0 Å². The molecule has 4 nitrogen and oxygen atoms in total. The highest BCUT2D eigenvalue weighted by atomic mass is 79.9. The molecule has 0 aliphatic heterocycles. The van der Waals surface area contributed by atoms with Crippen molar-refractivity contribution in [2.45, 2.75) is 0 Å². The van der Waals surface area contributed by atoms with E-state index in [0.29, 0.717) is 5.69 Å². The van der Waals surface area contributed by atoms with Gasteiger partial charge in [0.1, 0.15) is 5.69 Å². The van der Waals surface area contributed by atoms with Crippen molar-refractivity contribution in [3.8, 4) is 5.69 Å². The summed E-state index contributed by atoms with van der Waals surface area (Å²) in [5.41, 5.74) is 1.21. The number of nitrogens with zero attached hydrogens (tertiary/aromatic N) is 3. The predicted octanol–water partition coefficient (Wildman–Crippen LogP) is 1.84. The molecule has 1 aromatic heterocycles. The molecule has 0 spiro atoms. The molecule has 1 aromatic carbocycles. The maximum atomic E-state index is 11.3. The predicted molar refractivity (Wildman–Crippen MR) is 59.5 cm³/mol. The average Bonchev–Trinajstić information content (AvgIpc) is 2.78.